The highest BCUT2D eigenvalue weighted by atomic mass is 16.5. The van der Waals surface area contributed by atoms with Crippen molar-refractivity contribution < 1.29 is 19.4 Å². The van der Waals surface area contributed by atoms with Gasteiger partial charge in [0.25, 0.3) is 0 Å². The van der Waals surface area contributed by atoms with Crippen LogP contribution in [0.25, 0.3) is 0 Å². The van der Waals surface area contributed by atoms with Crippen molar-refractivity contribution in [3.63, 3.8) is 0 Å². The molecule has 1 aliphatic rings. The Bertz CT molecular complexity index is 657. The van der Waals surface area contributed by atoms with Crippen LogP contribution in [0.2, 0.25) is 0 Å². The van der Waals surface area contributed by atoms with Crippen molar-refractivity contribution in [3.05, 3.63) is 47.8 Å². The van der Waals surface area contributed by atoms with Gasteiger partial charge in [-0.1, -0.05) is 12.1 Å². The van der Waals surface area contributed by atoms with E-state index in [1.807, 2.05) is 24.3 Å². The molecule has 1 saturated heterocycles. The van der Waals surface area contributed by atoms with Crippen LogP contribution < -0.4 is 10.1 Å². The van der Waals surface area contributed by atoms with Crippen LogP contribution >= 0.6 is 0 Å². The molecule has 3 N–H and O–H groups in total. The van der Waals surface area contributed by atoms with E-state index in [1.165, 1.54) is 0 Å². The third-order valence-electron chi connectivity index (χ3n) is 4.23. The number of aromatic nitrogens is 2. The average molecular weight is 345 g/mol. The predicted molar refractivity (Wildman–Crippen MR) is 91.1 cm³/mol. The molecule has 25 heavy (non-hydrogen) atoms. The van der Waals surface area contributed by atoms with Crippen LogP contribution in [0.4, 0.5) is 0 Å². The number of H-pyrrole nitrogens is 1. The smallest absolute Gasteiger partial charge is 0.220 e. The summed E-state index contributed by atoms with van der Waals surface area (Å²) < 4.78 is 11.5. The molecule has 2 aromatic rings. The highest BCUT2D eigenvalue weighted by Crippen LogP contribution is 2.19. The van der Waals surface area contributed by atoms with Gasteiger partial charge in [-0.3, -0.25) is 9.89 Å². The Morgan fingerprint density at radius 2 is 2.20 bits per heavy atom. The molecule has 1 fully saturated rings. The van der Waals surface area contributed by atoms with E-state index in [2.05, 4.69) is 15.5 Å². The zero-order chi connectivity index (χ0) is 17.5. The largest absolute Gasteiger partial charge is 0.488 e. The van der Waals surface area contributed by atoms with Gasteiger partial charge < -0.3 is 19.9 Å². The molecule has 134 valence electrons. The Morgan fingerprint density at radius 3 is 2.92 bits per heavy atom. The van der Waals surface area contributed by atoms with Gasteiger partial charge in [0.15, 0.2) is 0 Å². The number of nitrogens with one attached hydrogen (secondary N) is 2. The van der Waals surface area contributed by atoms with E-state index in [-0.39, 0.29) is 24.7 Å². The summed E-state index contributed by atoms with van der Waals surface area (Å²) in [5.74, 6) is 0.697. The van der Waals surface area contributed by atoms with Crippen molar-refractivity contribution in [1.82, 2.24) is 15.5 Å². The molecule has 7 heteroatoms. The van der Waals surface area contributed by atoms with E-state index in [1.54, 1.807) is 12.4 Å². The van der Waals surface area contributed by atoms with E-state index >= 15 is 0 Å². The van der Waals surface area contributed by atoms with Crippen molar-refractivity contribution in [2.24, 2.45) is 0 Å². The number of amides is 1. The van der Waals surface area contributed by atoms with Crippen molar-refractivity contribution >= 4 is 5.91 Å². The summed E-state index contributed by atoms with van der Waals surface area (Å²) in [5, 5.41) is 18.7. The maximum absolute atomic E-state index is 12.2. The summed E-state index contributed by atoms with van der Waals surface area (Å²) in [5.41, 5.74) is 1.84. The Labute approximate surface area is 146 Å². The SMILES string of the molecule is O=C(CCc1cn[nH]c1)N[C@@H]1COCC[C@H]1Oc1ccc(CO)cc1. The number of ether oxygens (including phenoxy) is 2. The number of aryl methyl sites for hydroxylation is 1. The number of rotatable bonds is 7. The quantitative estimate of drug-likeness (QED) is 0.700. The first-order valence-corrected chi connectivity index (χ1v) is 8.46. The van der Waals surface area contributed by atoms with Gasteiger partial charge >= 0.3 is 0 Å². The summed E-state index contributed by atoms with van der Waals surface area (Å²) in [4.78, 5) is 12.2. The number of aromatic amines is 1. The lowest BCUT2D eigenvalue weighted by Crippen LogP contribution is -2.51. The van der Waals surface area contributed by atoms with Gasteiger partial charge in [-0.2, -0.15) is 5.10 Å². The molecule has 0 radical (unpaired) electrons. The molecular weight excluding hydrogens is 322 g/mol. The van der Waals surface area contributed by atoms with E-state index in [0.717, 1.165) is 16.9 Å². The molecule has 2 atom stereocenters. The molecular formula is C18H23N3O4. The molecule has 0 saturated carbocycles. The number of hydrogen-bond acceptors (Lipinski definition) is 5. The third kappa shape index (κ3) is 5.04. The summed E-state index contributed by atoms with van der Waals surface area (Å²) in [6.07, 6.45) is 5.14. The number of benzene rings is 1. The van der Waals surface area contributed by atoms with E-state index < -0.39 is 0 Å². The summed E-state index contributed by atoms with van der Waals surface area (Å²) >= 11 is 0. The van der Waals surface area contributed by atoms with Crippen molar-refractivity contribution in [3.8, 4) is 5.75 Å². The Balaban J connectivity index is 1.53. The summed E-state index contributed by atoms with van der Waals surface area (Å²) in [7, 11) is 0. The van der Waals surface area contributed by atoms with Gasteiger partial charge in [0.2, 0.25) is 5.91 Å². The standard InChI is InChI=1S/C18H23N3O4/c22-11-13-1-4-15(5-2-13)25-17-7-8-24-12-16(17)21-18(23)6-3-14-9-19-20-10-14/h1-2,4-5,9-10,16-17,22H,3,6-8,11-12H2,(H,19,20)(H,21,23)/t16-,17-/m1/s1. The number of aliphatic hydroxyl groups excluding tert-OH is 1. The zero-order valence-corrected chi connectivity index (χ0v) is 14.0. The maximum Gasteiger partial charge on any atom is 0.220 e. The van der Waals surface area contributed by atoms with Crippen LogP contribution in [0.5, 0.6) is 5.75 Å². The lowest BCUT2D eigenvalue weighted by atomic mass is 10.1. The van der Waals surface area contributed by atoms with Gasteiger partial charge in [-0.05, 0) is 29.7 Å². The third-order valence-corrected chi connectivity index (χ3v) is 4.23. The number of carbonyl (C=O) groups excluding carboxylic acids is 1. The van der Waals surface area contributed by atoms with Crippen molar-refractivity contribution in [1.29, 1.82) is 0 Å². The van der Waals surface area contributed by atoms with Crippen LogP contribution in [0, 0.1) is 0 Å². The first kappa shape index (κ1) is 17.4. The lowest BCUT2D eigenvalue weighted by molar-refractivity contribution is -0.124. The van der Waals surface area contributed by atoms with E-state index in [4.69, 9.17) is 14.6 Å². The normalized spacial score (nSPS) is 20.2. The van der Waals surface area contributed by atoms with E-state index in [9.17, 15) is 4.79 Å². The Kier molecular flexibility index (Phi) is 6.03. The minimum Gasteiger partial charge on any atom is -0.488 e. The molecule has 1 amide bonds. The van der Waals surface area contributed by atoms with Crippen LogP contribution in [-0.2, 0) is 22.6 Å². The average Bonchev–Trinajstić information content (AvgIpc) is 3.16. The molecule has 1 aromatic carbocycles. The van der Waals surface area contributed by atoms with Gasteiger partial charge in [-0.15, -0.1) is 0 Å². The van der Waals surface area contributed by atoms with Gasteiger partial charge in [0, 0.05) is 19.0 Å². The fourth-order valence-corrected chi connectivity index (χ4v) is 2.79. The number of nitrogens with zero attached hydrogens (tertiary/aromatic N) is 1. The zero-order valence-electron chi connectivity index (χ0n) is 14.0. The maximum atomic E-state index is 12.2. The molecule has 3 rings (SSSR count). The van der Waals surface area contributed by atoms with Gasteiger partial charge in [0.1, 0.15) is 11.9 Å². The second kappa shape index (κ2) is 8.64. The van der Waals surface area contributed by atoms with E-state index in [0.29, 0.717) is 32.5 Å². The summed E-state index contributed by atoms with van der Waals surface area (Å²) in [6, 6.07) is 7.14. The van der Waals surface area contributed by atoms with Crippen LogP contribution in [0.1, 0.15) is 24.0 Å². The molecule has 1 aromatic heterocycles. The minimum atomic E-state index is -0.178. The van der Waals surface area contributed by atoms with Gasteiger partial charge in [0.05, 0.1) is 32.1 Å². The molecule has 0 unspecified atom stereocenters. The fourth-order valence-electron chi connectivity index (χ4n) is 2.79. The molecule has 2 heterocycles. The molecule has 0 bridgehead atoms. The Morgan fingerprint density at radius 1 is 1.36 bits per heavy atom. The van der Waals surface area contributed by atoms with Crippen molar-refractivity contribution in [2.75, 3.05) is 13.2 Å². The fraction of sp³-hybridized carbons (Fsp3) is 0.444. The van der Waals surface area contributed by atoms with Gasteiger partial charge in [-0.25, -0.2) is 0 Å². The van der Waals surface area contributed by atoms with Crippen molar-refractivity contribution in [2.45, 2.75) is 38.0 Å². The first-order valence-electron chi connectivity index (χ1n) is 8.46. The molecule has 0 spiro atoms. The number of carbonyl (C=O) groups is 1. The highest BCUT2D eigenvalue weighted by molar-refractivity contribution is 5.76. The first-order chi connectivity index (χ1) is 12.2. The second-order valence-electron chi connectivity index (χ2n) is 6.10. The predicted octanol–water partition coefficient (Wildman–Crippen LogP) is 1.19. The topological polar surface area (TPSA) is 96.5 Å². The minimum absolute atomic E-state index is 0.00684. The monoisotopic (exact) mass is 345 g/mol. The van der Waals surface area contributed by atoms with Crippen LogP contribution in [-0.4, -0.2) is 46.6 Å². The lowest BCUT2D eigenvalue weighted by Gasteiger charge is -2.32. The number of hydrogen-bond donors (Lipinski definition) is 3. The highest BCUT2D eigenvalue weighted by Gasteiger charge is 2.28. The Hall–Kier alpha value is -2.38. The molecule has 0 aliphatic carbocycles. The van der Waals surface area contributed by atoms with Crippen LogP contribution in [0.15, 0.2) is 36.7 Å². The summed E-state index contributed by atoms with van der Waals surface area (Å²) in [6.45, 7) is 1.06. The molecule has 7 nitrogen and oxygen atoms in total. The molecule has 1 aliphatic heterocycles. The number of aliphatic hydroxyl groups is 1. The van der Waals surface area contributed by atoms with Crippen LogP contribution in [0.3, 0.4) is 0 Å². The second-order valence-corrected chi connectivity index (χ2v) is 6.10.